The average molecular weight is 341 g/mol. The molecule has 0 radical (unpaired) electrons. The Labute approximate surface area is 152 Å². The first-order chi connectivity index (χ1) is 11.9. The Morgan fingerprint density at radius 1 is 0.880 bits per heavy atom. The molecule has 0 aromatic heterocycles. The Kier molecular flexibility index (Phi) is 6.89. The van der Waals surface area contributed by atoms with Gasteiger partial charge in [0.2, 0.25) is 0 Å². The van der Waals surface area contributed by atoms with Crippen molar-refractivity contribution in [1.82, 2.24) is 5.32 Å². The van der Waals surface area contributed by atoms with Crippen LogP contribution in [0, 0.1) is 6.92 Å². The summed E-state index contributed by atoms with van der Waals surface area (Å²) >= 11 is 0. The number of hydrogen-bond acceptors (Lipinski definition) is 3. The van der Waals surface area contributed by atoms with Crippen LogP contribution in [0.15, 0.2) is 42.5 Å². The molecule has 0 unspecified atom stereocenters. The molecule has 0 amide bonds. The number of aryl methyl sites for hydroxylation is 1. The molecule has 0 aliphatic carbocycles. The average Bonchev–Trinajstić information content (AvgIpc) is 2.61. The highest BCUT2D eigenvalue weighted by atomic mass is 16.5. The maximum absolute atomic E-state index is 5.99. The largest absolute Gasteiger partial charge is 0.490 e. The third-order valence-electron chi connectivity index (χ3n) is 4.48. The summed E-state index contributed by atoms with van der Waals surface area (Å²) in [6, 6.07) is 14.6. The van der Waals surface area contributed by atoms with Crippen molar-refractivity contribution in [3.8, 4) is 11.5 Å². The maximum atomic E-state index is 5.99. The molecule has 0 bridgehead atoms. The fraction of sp³-hybridized carbons (Fsp3) is 0.455. The number of rotatable bonds is 9. The van der Waals surface area contributed by atoms with Gasteiger partial charge in [0.15, 0.2) is 11.5 Å². The summed E-state index contributed by atoms with van der Waals surface area (Å²) in [7, 11) is 0. The van der Waals surface area contributed by atoms with Crippen LogP contribution in [-0.2, 0) is 13.2 Å². The lowest BCUT2D eigenvalue weighted by atomic mass is 10.0. The molecule has 2 aromatic rings. The van der Waals surface area contributed by atoms with Crippen molar-refractivity contribution in [2.24, 2.45) is 0 Å². The Hall–Kier alpha value is -2.00. The predicted molar refractivity (Wildman–Crippen MR) is 104 cm³/mol. The van der Waals surface area contributed by atoms with Crippen molar-refractivity contribution in [1.29, 1.82) is 0 Å². The molecular weight excluding hydrogens is 310 g/mol. The number of hydrogen-bond donors (Lipinski definition) is 1. The number of nitrogens with one attached hydrogen (secondary N) is 1. The molecule has 0 saturated carbocycles. The van der Waals surface area contributed by atoms with Gasteiger partial charge in [0, 0.05) is 12.1 Å². The van der Waals surface area contributed by atoms with E-state index in [4.69, 9.17) is 9.47 Å². The fourth-order valence-corrected chi connectivity index (χ4v) is 2.36. The molecule has 3 nitrogen and oxygen atoms in total. The van der Waals surface area contributed by atoms with Crippen LogP contribution in [0.4, 0.5) is 0 Å². The number of benzene rings is 2. The Morgan fingerprint density at radius 3 is 2.20 bits per heavy atom. The molecule has 0 saturated heterocycles. The quantitative estimate of drug-likeness (QED) is 0.675. The highest BCUT2D eigenvalue weighted by Crippen LogP contribution is 2.29. The Morgan fingerprint density at radius 2 is 1.56 bits per heavy atom. The highest BCUT2D eigenvalue weighted by Gasteiger charge is 2.14. The van der Waals surface area contributed by atoms with Gasteiger partial charge in [-0.15, -0.1) is 0 Å². The minimum absolute atomic E-state index is 0.131. The van der Waals surface area contributed by atoms with E-state index < -0.39 is 0 Å². The molecule has 136 valence electrons. The minimum Gasteiger partial charge on any atom is -0.490 e. The molecule has 0 heterocycles. The fourth-order valence-electron chi connectivity index (χ4n) is 2.36. The SMILES string of the molecule is CCOc1cc(CNC(C)(C)CC)ccc1OCc1ccc(C)cc1. The first-order valence-corrected chi connectivity index (χ1v) is 9.12. The second-order valence-electron chi connectivity index (χ2n) is 7.08. The van der Waals surface area contributed by atoms with Crippen molar-refractivity contribution >= 4 is 0 Å². The van der Waals surface area contributed by atoms with Crippen LogP contribution in [0.5, 0.6) is 11.5 Å². The third-order valence-corrected chi connectivity index (χ3v) is 4.48. The van der Waals surface area contributed by atoms with Gasteiger partial charge in [-0.05, 0) is 57.4 Å². The van der Waals surface area contributed by atoms with E-state index in [-0.39, 0.29) is 5.54 Å². The van der Waals surface area contributed by atoms with Crippen LogP contribution in [0.25, 0.3) is 0 Å². The van der Waals surface area contributed by atoms with E-state index >= 15 is 0 Å². The third kappa shape index (κ3) is 6.09. The van der Waals surface area contributed by atoms with Gasteiger partial charge in [0.1, 0.15) is 6.61 Å². The van der Waals surface area contributed by atoms with Crippen molar-refractivity contribution in [3.63, 3.8) is 0 Å². The lowest BCUT2D eigenvalue weighted by Gasteiger charge is -2.25. The van der Waals surface area contributed by atoms with Gasteiger partial charge in [0.05, 0.1) is 6.61 Å². The van der Waals surface area contributed by atoms with Crippen molar-refractivity contribution in [2.45, 2.75) is 59.7 Å². The van der Waals surface area contributed by atoms with E-state index in [2.05, 4.69) is 69.4 Å². The molecule has 25 heavy (non-hydrogen) atoms. The topological polar surface area (TPSA) is 30.5 Å². The molecule has 2 rings (SSSR count). The Balaban J connectivity index is 2.05. The molecule has 0 aliphatic rings. The summed E-state index contributed by atoms with van der Waals surface area (Å²) < 4.78 is 11.8. The van der Waals surface area contributed by atoms with Gasteiger partial charge in [0.25, 0.3) is 0 Å². The lowest BCUT2D eigenvalue weighted by molar-refractivity contribution is 0.269. The molecule has 1 N–H and O–H groups in total. The van der Waals surface area contributed by atoms with E-state index in [9.17, 15) is 0 Å². The zero-order valence-electron chi connectivity index (χ0n) is 16.2. The zero-order chi connectivity index (χ0) is 18.3. The smallest absolute Gasteiger partial charge is 0.161 e. The maximum Gasteiger partial charge on any atom is 0.161 e. The van der Waals surface area contributed by atoms with Gasteiger partial charge < -0.3 is 14.8 Å². The molecule has 0 spiro atoms. The summed E-state index contributed by atoms with van der Waals surface area (Å²) in [6.07, 6.45) is 1.09. The monoisotopic (exact) mass is 341 g/mol. The summed E-state index contributed by atoms with van der Waals surface area (Å²) in [5, 5.41) is 3.58. The molecule has 0 aliphatic heterocycles. The van der Waals surface area contributed by atoms with Gasteiger partial charge >= 0.3 is 0 Å². The van der Waals surface area contributed by atoms with Gasteiger partial charge in [-0.3, -0.25) is 0 Å². The highest BCUT2D eigenvalue weighted by molar-refractivity contribution is 5.43. The molecule has 2 aromatic carbocycles. The lowest BCUT2D eigenvalue weighted by Crippen LogP contribution is -2.37. The van der Waals surface area contributed by atoms with Crippen LogP contribution in [0.1, 0.15) is 50.8 Å². The predicted octanol–water partition coefficient (Wildman–Crippen LogP) is 5.25. The van der Waals surface area contributed by atoms with E-state index in [1.165, 1.54) is 11.1 Å². The van der Waals surface area contributed by atoms with Crippen LogP contribution in [0.2, 0.25) is 0 Å². The van der Waals surface area contributed by atoms with Gasteiger partial charge in [-0.25, -0.2) is 0 Å². The van der Waals surface area contributed by atoms with E-state index in [1.807, 2.05) is 13.0 Å². The van der Waals surface area contributed by atoms with Crippen LogP contribution in [0.3, 0.4) is 0 Å². The first-order valence-electron chi connectivity index (χ1n) is 9.12. The summed E-state index contributed by atoms with van der Waals surface area (Å²) in [6.45, 7) is 12.7. The van der Waals surface area contributed by atoms with E-state index in [0.717, 1.165) is 30.0 Å². The molecule has 3 heteroatoms. The van der Waals surface area contributed by atoms with Crippen molar-refractivity contribution in [3.05, 3.63) is 59.2 Å². The van der Waals surface area contributed by atoms with Gasteiger partial charge in [-0.1, -0.05) is 42.8 Å². The summed E-state index contributed by atoms with van der Waals surface area (Å²) in [4.78, 5) is 0. The van der Waals surface area contributed by atoms with Crippen molar-refractivity contribution < 1.29 is 9.47 Å². The number of ether oxygens (including phenoxy) is 2. The molecule has 0 atom stereocenters. The normalized spacial score (nSPS) is 11.4. The van der Waals surface area contributed by atoms with Crippen LogP contribution in [-0.4, -0.2) is 12.1 Å². The summed E-state index contributed by atoms with van der Waals surface area (Å²) in [5.41, 5.74) is 3.74. The van der Waals surface area contributed by atoms with Crippen LogP contribution >= 0.6 is 0 Å². The van der Waals surface area contributed by atoms with E-state index in [0.29, 0.717) is 13.2 Å². The van der Waals surface area contributed by atoms with Crippen LogP contribution < -0.4 is 14.8 Å². The Bertz CT molecular complexity index is 662. The van der Waals surface area contributed by atoms with Crippen molar-refractivity contribution in [2.75, 3.05) is 6.61 Å². The second-order valence-corrected chi connectivity index (χ2v) is 7.08. The molecule has 0 fully saturated rings. The first kappa shape index (κ1) is 19.3. The minimum atomic E-state index is 0.131. The zero-order valence-corrected chi connectivity index (χ0v) is 16.2. The summed E-state index contributed by atoms with van der Waals surface area (Å²) in [5.74, 6) is 1.60. The standard InChI is InChI=1S/C22H31NO2/c1-6-22(4,5)23-15-19-12-13-20(21(14-19)24-7-2)25-16-18-10-8-17(3)9-11-18/h8-14,23H,6-7,15-16H2,1-5H3. The van der Waals surface area contributed by atoms with E-state index in [1.54, 1.807) is 0 Å². The molecular formula is C22H31NO2. The second kappa shape index (κ2) is 8.91. The van der Waals surface area contributed by atoms with Gasteiger partial charge in [-0.2, -0.15) is 0 Å².